The highest BCUT2D eigenvalue weighted by Gasteiger charge is 2.17. The molecule has 0 aliphatic heterocycles. The zero-order valence-corrected chi connectivity index (χ0v) is 13.5. The SMILES string of the molecule is CCNCc1ccc(CS(=O)(=O)c2ccc(Br)cc2)o1. The Morgan fingerprint density at radius 1 is 1.10 bits per heavy atom. The molecule has 2 aromatic rings. The molecule has 0 atom stereocenters. The summed E-state index contributed by atoms with van der Waals surface area (Å²) in [6.07, 6.45) is 0. The maximum Gasteiger partial charge on any atom is 0.185 e. The van der Waals surface area contributed by atoms with Crippen LogP contribution in [-0.2, 0) is 22.1 Å². The third-order valence-corrected chi connectivity index (χ3v) is 4.96. The average Bonchev–Trinajstić information content (AvgIpc) is 2.83. The van der Waals surface area contributed by atoms with E-state index in [9.17, 15) is 8.42 Å². The summed E-state index contributed by atoms with van der Waals surface area (Å²) in [5.41, 5.74) is 0. The Balaban J connectivity index is 2.12. The summed E-state index contributed by atoms with van der Waals surface area (Å²) in [4.78, 5) is 0.297. The third-order valence-electron chi connectivity index (χ3n) is 2.77. The standard InChI is InChI=1S/C14H16BrNO3S/c1-2-16-9-12-5-6-13(19-12)10-20(17,18)14-7-3-11(15)4-8-14/h3-8,16H,2,9-10H2,1H3. The van der Waals surface area contributed by atoms with E-state index in [0.29, 0.717) is 17.2 Å². The lowest BCUT2D eigenvalue weighted by Crippen LogP contribution is -2.10. The molecule has 0 saturated carbocycles. The minimum Gasteiger partial charge on any atom is -0.464 e. The highest BCUT2D eigenvalue weighted by atomic mass is 79.9. The zero-order chi connectivity index (χ0) is 14.6. The minimum atomic E-state index is -3.37. The van der Waals surface area contributed by atoms with Crippen LogP contribution in [0.4, 0.5) is 0 Å². The van der Waals surface area contributed by atoms with Crippen LogP contribution >= 0.6 is 15.9 Å². The molecule has 0 bridgehead atoms. The highest BCUT2D eigenvalue weighted by Crippen LogP contribution is 2.20. The number of sulfone groups is 1. The molecule has 0 spiro atoms. The van der Waals surface area contributed by atoms with Crippen molar-refractivity contribution < 1.29 is 12.8 Å². The van der Waals surface area contributed by atoms with Crippen molar-refractivity contribution in [2.24, 2.45) is 0 Å². The van der Waals surface area contributed by atoms with Gasteiger partial charge in [0.2, 0.25) is 0 Å². The predicted octanol–water partition coefficient (Wildman–Crippen LogP) is 3.13. The van der Waals surface area contributed by atoms with E-state index in [1.165, 1.54) is 0 Å². The molecule has 0 aliphatic rings. The van der Waals surface area contributed by atoms with Gasteiger partial charge in [-0.25, -0.2) is 8.42 Å². The van der Waals surface area contributed by atoms with E-state index < -0.39 is 9.84 Å². The molecule has 1 heterocycles. The van der Waals surface area contributed by atoms with Gasteiger partial charge in [0.1, 0.15) is 17.3 Å². The van der Waals surface area contributed by atoms with Crippen LogP contribution < -0.4 is 5.32 Å². The number of benzene rings is 1. The summed E-state index contributed by atoms with van der Waals surface area (Å²) in [6.45, 7) is 3.45. The molecule has 0 amide bonds. The molecule has 4 nitrogen and oxygen atoms in total. The van der Waals surface area contributed by atoms with Crippen molar-refractivity contribution in [1.29, 1.82) is 0 Å². The lowest BCUT2D eigenvalue weighted by atomic mass is 10.4. The first-order valence-electron chi connectivity index (χ1n) is 6.28. The van der Waals surface area contributed by atoms with E-state index in [2.05, 4.69) is 21.2 Å². The Bertz CT molecular complexity index is 662. The second kappa shape index (κ2) is 6.56. The summed E-state index contributed by atoms with van der Waals surface area (Å²) < 4.78 is 30.9. The van der Waals surface area contributed by atoms with Crippen LogP contribution in [0.15, 0.2) is 50.2 Å². The summed E-state index contributed by atoms with van der Waals surface area (Å²) in [6, 6.07) is 10.1. The van der Waals surface area contributed by atoms with Gasteiger partial charge in [-0.1, -0.05) is 22.9 Å². The Kier molecular flexibility index (Phi) is 5.01. The first-order chi connectivity index (χ1) is 9.51. The van der Waals surface area contributed by atoms with Gasteiger partial charge in [0, 0.05) is 4.47 Å². The predicted molar refractivity (Wildman–Crippen MR) is 81.1 cm³/mol. The molecule has 0 aliphatic carbocycles. The monoisotopic (exact) mass is 357 g/mol. The van der Waals surface area contributed by atoms with Gasteiger partial charge in [-0.15, -0.1) is 0 Å². The van der Waals surface area contributed by atoms with E-state index in [4.69, 9.17) is 4.42 Å². The lowest BCUT2D eigenvalue weighted by Gasteiger charge is -2.03. The first kappa shape index (κ1) is 15.3. The molecule has 6 heteroatoms. The molecule has 20 heavy (non-hydrogen) atoms. The van der Waals surface area contributed by atoms with Crippen LogP contribution in [0, 0.1) is 0 Å². The van der Waals surface area contributed by atoms with Crippen molar-refractivity contribution in [1.82, 2.24) is 5.32 Å². The van der Waals surface area contributed by atoms with E-state index in [0.717, 1.165) is 16.8 Å². The molecule has 0 unspecified atom stereocenters. The van der Waals surface area contributed by atoms with Crippen molar-refractivity contribution in [2.45, 2.75) is 24.1 Å². The van der Waals surface area contributed by atoms with Crippen LogP contribution in [0.1, 0.15) is 18.4 Å². The van der Waals surface area contributed by atoms with Crippen molar-refractivity contribution in [3.8, 4) is 0 Å². The second-order valence-electron chi connectivity index (χ2n) is 4.36. The van der Waals surface area contributed by atoms with Gasteiger partial charge >= 0.3 is 0 Å². The molecule has 0 saturated heterocycles. The Morgan fingerprint density at radius 3 is 2.40 bits per heavy atom. The van der Waals surface area contributed by atoms with Gasteiger partial charge in [0.25, 0.3) is 0 Å². The van der Waals surface area contributed by atoms with E-state index in [1.807, 2.05) is 6.92 Å². The minimum absolute atomic E-state index is 0.124. The molecular formula is C14H16BrNO3S. The van der Waals surface area contributed by atoms with Gasteiger partial charge in [-0.2, -0.15) is 0 Å². The summed E-state index contributed by atoms with van der Waals surface area (Å²) in [5, 5.41) is 3.13. The zero-order valence-electron chi connectivity index (χ0n) is 11.1. The van der Waals surface area contributed by atoms with Crippen molar-refractivity contribution in [2.75, 3.05) is 6.54 Å². The maximum absolute atomic E-state index is 12.2. The van der Waals surface area contributed by atoms with Gasteiger partial charge in [0.05, 0.1) is 11.4 Å². The number of halogens is 1. The summed E-state index contributed by atoms with van der Waals surface area (Å²) in [7, 11) is -3.37. The van der Waals surface area contributed by atoms with Crippen LogP contribution in [0.5, 0.6) is 0 Å². The maximum atomic E-state index is 12.2. The molecule has 1 aromatic carbocycles. The highest BCUT2D eigenvalue weighted by molar-refractivity contribution is 9.10. The smallest absolute Gasteiger partial charge is 0.185 e. The molecule has 0 fully saturated rings. The first-order valence-corrected chi connectivity index (χ1v) is 8.72. The largest absolute Gasteiger partial charge is 0.464 e. The van der Waals surface area contributed by atoms with Gasteiger partial charge < -0.3 is 9.73 Å². The lowest BCUT2D eigenvalue weighted by molar-refractivity contribution is 0.459. The average molecular weight is 358 g/mol. The fourth-order valence-corrected chi connectivity index (χ4v) is 3.27. The normalized spacial score (nSPS) is 11.7. The fraction of sp³-hybridized carbons (Fsp3) is 0.286. The van der Waals surface area contributed by atoms with Crippen molar-refractivity contribution in [3.63, 3.8) is 0 Å². The second-order valence-corrected chi connectivity index (χ2v) is 7.27. The van der Waals surface area contributed by atoms with Crippen molar-refractivity contribution in [3.05, 3.63) is 52.4 Å². The van der Waals surface area contributed by atoms with Crippen LogP contribution in [-0.4, -0.2) is 15.0 Å². The Labute approximate surface area is 127 Å². The van der Waals surface area contributed by atoms with Crippen LogP contribution in [0.25, 0.3) is 0 Å². The molecule has 0 radical (unpaired) electrons. The Morgan fingerprint density at radius 2 is 1.75 bits per heavy atom. The Hall–Kier alpha value is -1.11. The van der Waals surface area contributed by atoms with E-state index >= 15 is 0 Å². The molecule has 1 N–H and O–H groups in total. The topological polar surface area (TPSA) is 59.3 Å². The van der Waals surface area contributed by atoms with Gasteiger partial charge in [-0.05, 0) is 42.9 Å². The quantitative estimate of drug-likeness (QED) is 0.862. The van der Waals surface area contributed by atoms with Crippen molar-refractivity contribution >= 4 is 25.8 Å². The fourth-order valence-electron chi connectivity index (χ4n) is 1.76. The van der Waals surface area contributed by atoms with E-state index in [-0.39, 0.29) is 5.75 Å². The number of hydrogen-bond acceptors (Lipinski definition) is 4. The molecule has 1 aromatic heterocycles. The number of rotatable bonds is 6. The number of nitrogens with one attached hydrogen (secondary N) is 1. The van der Waals surface area contributed by atoms with Crippen LogP contribution in [0.3, 0.4) is 0 Å². The third kappa shape index (κ3) is 3.94. The number of hydrogen-bond donors (Lipinski definition) is 1. The summed E-state index contributed by atoms with van der Waals surface area (Å²) >= 11 is 3.29. The summed E-state index contributed by atoms with van der Waals surface area (Å²) in [5.74, 6) is 1.08. The number of furan rings is 1. The molecule has 108 valence electrons. The van der Waals surface area contributed by atoms with Gasteiger partial charge in [0.15, 0.2) is 9.84 Å². The van der Waals surface area contributed by atoms with E-state index in [1.54, 1.807) is 36.4 Å². The molecule has 2 rings (SSSR count). The molecular weight excluding hydrogens is 342 g/mol. The van der Waals surface area contributed by atoms with Gasteiger partial charge in [-0.3, -0.25) is 0 Å². The van der Waals surface area contributed by atoms with Crippen LogP contribution in [0.2, 0.25) is 0 Å².